The molecular formula is C19H27N3O2. The number of aryl methyl sites for hydroxylation is 1. The van der Waals surface area contributed by atoms with Gasteiger partial charge in [0.05, 0.1) is 0 Å². The second kappa shape index (κ2) is 4.83. The van der Waals surface area contributed by atoms with E-state index in [-0.39, 0.29) is 11.4 Å². The summed E-state index contributed by atoms with van der Waals surface area (Å²) in [5.74, 6) is 2.89. The minimum absolute atomic E-state index is 0.0228. The van der Waals surface area contributed by atoms with E-state index in [1.807, 2.05) is 0 Å². The molecule has 5 rings (SSSR count). The van der Waals surface area contributed by atoms with Crippen LogP contribution in [0.4, 0.5) is 0 Å². The van der Waals surface area contributed by atoms with Gasteiger partial charge in [-0.3, -0.25) is 4.79 Å². The van der Waals surface area contributed by atoms with Crippen molar-refractivity contribution in [2.75, 3.05) is 0 Å². The van der Waals surface area contributed by atoms with Crippen molar-refractivity contribution in [2.24, 2.45) is 23.2 Å². The zero-order valence-electron chi connectivity index (χ0n) is 14.7. The lowest BCUT2D eigenvalue weighted by molar-refractivity contribution is -0.134. The van der Waals surface area contributed by atoms with Crippen molar-refractivity contribution < 1.29 is 9.42 Å². The molecule has 6 atom stereocenters. The van der Waals surface area contributed by atoms with Gasteiger partial charge in [0, 0.05) is 17.9 Å². The number of fused-ring (bicyclic) bond motifs is 7. The van der Waals surface area contributed by atoms with E-state index in [9.17, 15) is 4.79 Å². The summed E-state index contributed by atoms with van der Waals surface area (Å²) in [6.07, 6.45) is 8.79. The molecule has 5 heteroatoms. The average molecular weight is 329 g/mol. The predicted octanol–water partition coefficient (Wildman–Crippen LogP) is 3.21. The summed E-state index contributed by atoms with van der Waals surface area (Å²) in [5, 5.41) is 11.8. The predicted molar refractivity (Wildman–Crippen MR) is 88.2 cm³/mol. The number of rotatable bonds is 0. The van der Waals surface area contributed by atoms with Gasteiger partial charge in [-0.15, -0.1) is 0 Å². The summed E-state index contributed by atoms with van der Waals surface area (Å²) in [7, 11) is 0. The number of hydrogen-bond donors (Lipinski definition) is 1. The van der Waals surface area contributed by atoms with E-state index in [1.165, 1.54) is 25.7 Å². The Labute approximate surface area is 142 Å². The van der Waals surface area contributed by atoms with E-state index < -0.39 is 0 Å². The number of aromatic nitrogens is 2. The fraction of sp³-hybridized carbons (Fsp3) is 0.842. The van der Waals surface area contributed by atoms with Crippen molar-refractivity contribution >= 4 is 5.91 Å². The second-order valence-electron chi connectivity index (χ2n) is 9.15. The normalized spacial score (nSPS) is 47.0. The maximum absolute atomic E-state index is 11.9. The molecule has 2 unspecified atom stereocenters. The van der Waals surface area contributed by atoms with Crippen LogP contribution in [0, 0.1) is 23.2 Å². The number of amides is 1. The van der Waals surface area contributed by atoms with Gasteiger partial charge in [-0.1, -0.05) is 17.2 Å². The topological polar surface area (TPSA) is 68.0 Å². The lowest BCUT2D eigenvalue weighted by Gasteiger charge is -2.61. The van der Waals surface area contributed by atoms with E-state index in [2.05, 4.69) is 29.5 Å². The van der Waals surface area contributed by atoms with Gasteiger partial charge >= 0.3 is 0 Å². The van der Waals surface area contributed by atoms with Gasteiger partial charge in [0.1, 0.15) is 11.4 Å². The molecule has 2 saturated carbocycles. The molecule has 0 radical (unpaired) electrons. The number of piperidine rings is 1. The Hall–Kier alpha value is -1.39. The molecule has 130 valence electrons. The molecule has 1 aliphatic heterocycles. The molecule has 1 aromatic rings. The fourth-order valence-corrected chi connectivity index (χ4v) is 6.98. The molecule has 0 spiro atoms. The molecule has 0 aromatic carbocycles. The molecular weight excluding hydrogens is 302 g/mol. The summed E-state index contributed by atoms with van der Waals surface area (Å²) in [5.41, 5.74) is 2.58. The van der Waals surface area contributed by atoms with E-state index >= 15 is 0 Å². The zero-order chi connectivity index (χ0) is 16.5. The molecule has 0 bridgehead atoms. The van der Waals surface area contributed by atoms with Gasteiger partial charge in [-0.2, -0.15) is 0 Å². The molecule has 3 fully saturated rings. The summed E-state index contributed by atoms with van der Waals surface area (Å²) in [6.45, 7) is 4.79. The number of carbonyl (C=O) groups excluding carboxylic acids is 1. The molecule has 3 aliphatic carbocycles. The first kappa shape index (κ1) is 14.9. The van der Waals surface area contributed by atoms with Crippen LogP contribution in [0.25, 0.3) is 0 Å². The van der Waals surface area contributed by atoms with E-state index in [1.54, 1.807) is 0 Å². The number of nitrogens with zero attached hydrogens (tertiary/aromatic N) is 2. The van der Waals surface area contributed by atoms with Crippen LogP contribution in [0.3, 0.4) is 0 Å². The van der Waals surface area contributed by atoms with Gasteiger partial charge in [0.15, 0.2) is 0 Å². The van der Waals surface area contributed by atoms with Crippen LogP contribution in [0.5, 0.6) is 0 Å². The third-order valence-electron chi connectivity index (χ3n) is 8.18. The highest BCUT2D eigenvalue weighted by Gasteiger charge is 2.58. The van der Waals surface area contributed by atoms with Gasteiger partial charge in [0.2, 0.25) is 5.91 Å². The highest BCUT2D eigenvalue weighted by atomic mass is 16.6. The maximum Gasteiger partial charge on any atom is 0.220 e. The van der Waals surface area contributed by atoms with E-state index in [0.717, 1.165) is 42.5 Å². The van der Waals surface area contributed by atoms with Crippen LogP contribution in [0.2, 0.25) is 0 Å². The largest absolute Gasteiger partial charge is 0.351 e. The number of nitrogens with one attached hydrogen (secondary N) is 1. The summed E-state index contributed by atoms with van der Waals surface area (Å²) in [4.78, 5) is 11.9. The van der Waals surface area contributed by atoms with Crippen LogP contribution < -0.4 is 5.32 Å². The highest BCUT2D eigenvalue weighted by molar-refractivity contribution is 5.77. The lowest BCUT2D eigenvalue weighted by Crippen LogP contribution is -2.63. The van der Waals surface area contributed by atoms with Gasteiger partial charge < -0.3 is 5.32 Å². The smallest absolute Gasteiger partial charge is 0.220 e. The van der Waals surface area contributed by atoms with Crippen molar-refractivity contribution in [1.29, 1.82) is 0 Å². The summed E-state index contributed by atoms with van der Waals surface area (Å²) in [6, 6.07) is 0. The monoisotopic (exact) mass is 329 g/mol. The first-order valence-electron chi connectivity index (χ1n) is 9.64. The molecule has 5 nitrogen and oxygen atoms in total. The fourth-order valence-electron chi connectivity index (χ4n) is 6.98. The summed E-state index contributed by atoms with van der Waals surface area (Å²) >= 11 is 0. The van der Waals surface area contributed by atoms with Crippen molar-refractivity contribution in [3.05, 3.63) is 11.4 Å². The van der Waals surface area contributed by atoms with Crippen LogP contribution >= 0.6 is 0 Å². The quantitative estimate of drug-likeness (QED) is 0.793. The van der Waals surface area contributed by atoms with E-state index in [4.69, 9.17) is 4.63 Å². The molecule has 1 aromatic heterocycles. The first-order valence-corrected chi connectivity index (χ1v) is 9.64. The molecule has 4 aliphatic rings. The Morgan fingerprint density at radius 1 is 1.04 bits per heavy atom. The van der Waals surface area contributed by atoms with Gasteiger partial charge in [-0.05, 0) is 75.0 Å². The molecule has 24 heavy (non-hydrogen) atoms. The molecule has 1 saturated heterocycles. The minimum Gasteiger partial charge on any atom is -0.351 e. The second-order valence-corrected chi connectivity index (χ2v) is 9.15. The van der Waals surface area contributed by atoms with Crippen LogP contribution in [0.15, 0.2) is 4.63 Å². The molecule has 1 amide bonds. The summed E-state index contributed by atoms with van der Waals surface area (Å²) < 4.78 is 5.06. The molecule has 2 heterocycles. The number of carbonyl (C=O) groups is 1. The van der Waals surface area contributed by atoms with E-state index in [0.29, 0.717) is 23.7 Å². The van der Waals surface area contributed by atoms with Crippen LogP contribution in [0.1, 0.15) is 76.1 Å². The van der Waals surface area contributed by atoms with Crippen molar-refractivity contribution in [1.82, 2.24) is 15.6 Å². The third-order valence-corrected chi connectivity index (χ3v) is 8.18. The minimum atomic E-state index is 0.0228. The number of hydrogen-bond acceptors (Lipinski definition) is 4. The Morgan fingerprint density at radius 3 is 2.79 bits per heavy atom. The Kier molecular flexibility index (Phi) is 3.00. The van der Waals surface area contributed by atoms with Gasteiger partial charge in [0.25, 0.3) is 0 Å². The maximum atomic E-state index is 11.9. The van der Waals surface area contributed by atoms with Crippen LogP contribution in [-0.2, 0) is 11.2 Å². The Balaban J connectivity index is 1.49. The first-order chi connectivity index (χ1) is 11.5. The highest BCUT2D eigenvalue weighted by Crippen LogP contribution is 2.63. The van der Waals surface area contributed by atoms with Crippen molar-refractivity contribution in [3.63, 3.8) is 0 Å². The standard InChI is InChI=1S/C19H27N3O2/c1-18-9-8-15-17(22-24-21-15)14(18)4-3-11-12(18)7-10-19(2)13(11)5-6-16(23)20-19/h11-14H,3-10H2,1-2H3,(H,20,23)/t11-,12?,13?,14-,18-,19+/m1/s1. The Bertz CT molecular complexity index is 686. The third kappa shape index (κ3) is 1.84. The SMILES string of the molecule is C[C@]12CCC3[C@@H](CC[C@@H]4c5nonc5CC[C@]34C)C1CCC(=O)N2. The van der Waals surface area contributed by atoms with Crippen molar-refractivity contribution in [2.45, 2.75) is 76.7 Å². The van der Waals surface area contributed by atoms with Crippen molar-refractivity contribution in [3.8, 4) is 0 Å². The lowest BCUT2D eigenvalue weighted by atomic mass is 9.45. The average Bonchev–Trinajstić information content (AvgIpc) is 3.01. The Morgan fingerprint density at radius 2 is 1.92 bits per heavy atom. The van der Waals surface area contributed by atoms with Gasteiger partial charge in [-0.25, -0.2) is 4.63 Å². The zero-order valence-corrected chi connectivity index (χ0v) is 14.7. The van der Waals surface area contributed by atoms with Crippen LogP contribution in [-0.4, -0.2) is 21.8 Å². The molecule has 1 N–H and O–H groups in total.